The first-order valence-corrected chi connectivity index (χ1v) is 12.4. The third kappa shape index (κ3) is 6.05. The molecule has 3 rings (SSSR count). The molecule has 0 aliphatic heterocycles. The van der Waals surface area contributed by atoms with Crippen LogP contribution < -0.4 is 14.8 Å². The van der Waals surface area contributed by atoms with Crippen LogP contribution in [0.3, 0.4) is 0 Å². The van der Waals surface area contributed by atoms with Gasteiger partial charge in [0.05, 0.1) is 22.9 Å². The molecule has 32 heavy (non-hydrogen) atoms. The van der Waals surface area contributed by atoms with Gasteiger partial charge in [0.25, 0.3) is 10.0 Å². The first-order valence-electron chi connectivity index (χ1n) is 9.99. The molecule has 2 N–H and O–H groups in total. The zero-order chi connectivity index (χ0) is 23.3. The van der Waals surface area contributed by atoms with E-state index in [2.05, 4.69) is 10.0 Å². The van der Waals surface area contributed by atoms with Crippen LogP contribution in [0.25, 0.3) is 0 Å². The molecule has 0 aromatic heterocycles. The summed E-state index contributed by atoms with van der Waals surface area (Å²) in [5.74, 6) is 0.587. The molecular weight excluding hydrogens is 444 g/mol. The van der Waals surface area contributed by atoms with Gasteiger partial charge < -0.3 is 10.1 Å². The minimum absolute atomic E-state index is 0.122. The molecule has 0 saturated carbocycles. The summed E-state index contributed by atoms with van der Waals surface area (Å²) in [6, 6.07) is 19.2. The van der Waals surface area contributed by atoms with Crippen molar-refractivity contribution in [2.75, 3.05) is 17.1 Å². The van der Waals surface area contributed by atoms with Crippen molar-refractivity contribution in [3.63, 3.8) is 0 Å². The maximum atomic E-state index is 12.7. The maximum Gasteiger partial charge on any atom is 0.261 e. The summed E-state index contributed by atoms with van der Waals surface area (Å²) < 4.78 is 33.3. The highest BCUT2D eigenvalue weighted by Gasteiger charge is 2.17. The molecule has 1 atom stereocenters. The summed E-state index contributed by atoms with van der Waals surface area (Å²) in [4.78, 5) is 13.6. The van der Waals surface area contributed by atoms with Crippen molar-refractivity contribution >= 4 is 39.1 Å². The van der Waals surface area contributed by atoms with Crippen molar-refractivity contribution in [2.24, 2.45) is 0 Å². The number of methoxy groups -OCH3 is 1. The number of thioether (sulfide) groups is 1. The lowest BCUT2D eigenvalue weighted by atomic mass is 10.1. The number of carbonyl (C=O) groups is 1. The lowest BCUT2D eigenvalue weighted by Crippen LogP contribution is -2.22. The normalized spacial score (nSPS) is 12.1. The van der Waals surface area contributed by atoms with Crippen LogP contribution in [-0.4, -0.2) is 26.7 Å². The van der Waals surface area contributed by atoms with Crippen LogP contribution in [0.2, 0.25) is 0 Å². The number of amides is 1. The van der Waals surface area contributed by atoms with E-state index in [4.69, 9.17) is 4.74 Å². The molecule has 168 valence electrons. The van der Waals surface area contributed by atoms with Gasteiger partial charge in [-0.05, 0) is 86.5 Å². The van der Waals surface area contributed by atoms with Crippen LogP contribution >= 0.6 is 11.8 Å². The second kappa shape index (κ2) is 10.1. The Kier molecular flexibility index (Phi) is 7.48. The minimum Gasteiger partial charge on any atom is -0.497 e. The summed E-state index contributed by atoms with van der Waals surface area (Å²) in [5.41, 5.74) is 2.88. The van der Waals surface area contributed by atoms with E-state index >= 15 is 0 Å². The van der Waals surface area contributed by atoms with E-state index in [9.17, 15) is 13.2 Å². The summed E-state index contributed by atoms with van der Waals surface area (Å²) in [6.45, 7) is 5.57. The smallest absolute Gasteiger partial charge is 0.261 e. The third-order valence-corrected chi connectivity index (χ3v) is 7.30. The van der Waals surface area contributed by atoms with Crippen LogP contribution in [0.5, 0.6) is 5.75 Å². The minimum atomic E-state index is -3.74. The second-order valence-electron chi connectivity index (χ2n) is 7.37. The van der Waals surface area contributed by atoms with E-state index in [1.165, 1.54) is 23.9 Å². The second-order valence-corrected chi connectivity index (χ2v) is 10.5. The SMILES string of the molecule is COc1ccc(SC(C)C(=O)Nc2ccc(S(=O)(=O)Nc3cc(C)ccc3C)cc2)cc1. The molecule has 0 heterocycles. The highest BCUT2D eigenvalue weighted by Crippen LogP contribution is 2.27. The van der Waals surface area contributed by atoms with Crippen molar-refractivity contribution in [3.8, 4) is 5.75 Å². The van der Waals surface area contributed by atoms with Crippen molar-refractivity contribution in [3.05, 3.63) is 77.9 Å². The predicted octanol–water partition coefficient (Wildman–Crippen LogP) is 5.23. The highest BCUT2D eigenvalue weighted by atomic mass is 32.2. The Morgan fingerprint density at radius 1 is 0.969 bits per heavy atom. The van der Waals surface area contributed by atoms with Crippen LogP contribution in [0, 0.1) is 13.8 Å². The van der Waals surface area contributed by atoms with Gasteiger partial charge in [-0.25, -0.2) is 8.42 Å². The Bertz CT molecular complexity index is 1190. The Labute approximate surface area is 193 Å². The molecule has 3 aromatic rings. The molecule has 0 bridgehead atoms. The van der Waals surface area contributed by atoms with E-state index < -0.39 is 10.0 Å². The lowest BCUT2D eigenvalue weighted by molar-refractivity contribution is -0.115. The fourth-order valence-corrected chi connectivity index (χ4v) is 4.91. The molecule has 8 heteroatoms. The quantitative estimate of drug-likeness (QED) is 0.440. The van der Waals surface area contributed by atoms with Crippen molar-refractivity contribution in [1.82, 2.24) is 0 Å². The lowest BCUT2D eigenvalue weighted by Gasteiger charge is -2.14. The van der Waals surface area contributed by atoms with E-state index in [0.29, 0.717) is 11.4 Å². The third-order valence-electron chi connectivity index (χ3n) is 4.81. The fourth-order valence-electron chi connectivity index (χ4n) is 2.92. The van der Waals surface area contributed by atoms with Gasteiger partial charge in [0.2, 0.25) is 5.91 Å². The average Bonchev–Trinajstić information content (AvgIpc) is 2.77. The summed E-state index contributed by atoms with van der Waals surface area (Å²) in [5, 5.41) is 2.49. The van der Waals surface area contributed by atoms with Crippen LogP contribution in [-0.2, 0) is 14.8 Å². The standard InChI is InChI=1S/C24H26N2O4S2/c1-16-5-6-17(2)23(15-16)26-32(28,29)22-13-7-19(8-14-22)25-24(27)18(3)31-21-11-9-20(30-4)10-12-21/h5-15,18,26H,1-4H3,(H,25,27). The molecule has 0 saturated heterocycles. The Hall–Kier alpha value is -2.97. The molecule has 0 spiro atoms. The molecule has 1 amide bonds. The molecular formula is C24H26N2O4S2. The zero-order valence-corrected chi connectivity index (χ0v) is 20.0. The number of nitrogens with one attached hydrogen (secondary N) is 2. The first-order chi connectivity index (χ1) is 15.2. The fraction of sp³-hybridized carbons (Fsp3) is 0.208. The van der Waals surface area contributed by atoms with Crippen LogP contribution in [0.4, 0.5) is 11.4 Å². The van der Waals surface area contributed by atoms with Gasteiger partial charge in [0.1, 0.15) is 5.75 Å². The topological polar surface area (TPSA) is 84.5 Å². The molecule has 0 aliphatic rings. The van der Waals surface area contributed by atoms with Crippen LogP contribution in [0.1, 0.15) is 18.1 Å². The van der Waals surface area contributed by atoms with E-state index in [-0.39, 0.29) is 16.1 Å². The number of rotatable bonds is 8. The molecule has 3 aromatic carbocycles. The van der Waals surface area contributed by atoms with Crippen molar-refractivity contribution in [1.29, 1.82) is 0 Å². The number of carbonyl (C=O) groups excluding carboxylic acids is 1. The van der Waals surface area contributed by atoms with E-state index in [1.54, 1.807) is 25.3 Å². The van der Waals surface area contributed by atoms with Gasteiger partial charge in [-0.15, -0.1) is 11.8 Å². The summed E-state index contributed by atoms with van der Waals surface area (Å²) in [6.07, 6.45) is 0. The number of sulfonamides is 1. The number of aryl methyl sites for hydroxylation is 2. The van der Waals surface area contributed by atoms with Gasteiger partial charge in [0.15, 0.2) is 0 Å². The Morgan fingerprint density at radius 3 is 2.25 bits per heavy atom. The Balaban J connectivity index is 1.64. The van der Waals surface area contributed by atoms with Gasteiger partial charge in [0, 0.05) is 10.6 Å². The van der Waals surface area contributed by atoms with E-state index in [0.717, 1.165) is 21.8 Å². The largest absolute Gasteiger partial charge is 0.497 e. The number of hydrogen-bond donors (Lipinski definition) is 2. The van der Waals surface area contributed by atoms with Gasteiger partial charge in [-0.2, -0.15) is 0 Å². The van der Waals surface area contributed by atoms with Gasteiger partial charge in [-0.1, -0.05) is 12.1 Å². The number of anilines is 2. The molecule has 0 fully saturated rings. The summed E-state index contributed by atoms with van der Waals surface area (Å²) in [7, 11) is -2.13. The van der Waals surface area contributed by atoms with Gasteiger partial charge >= 0.3 is 0 Å². The first kappa shape index (κ1) is 23.7. The van der Waals surface area contributed by atoms with Gasteiger partial charge in [-0.3, -0.25) is 9.52 Å². The van der Waals surface area contributed by atoms with Crippen LogP contribution in [0.15, 0.2) is 76.5 Å². The monoisotopic (exact) mass is 470 g/mol. The zero-order valence-electron chi connectivity index (χ0n) is 18.4. The molecule has 0 aliphatic carbocycles. The molecule has 6 nitrogen and oxygen atoms in total. The highest BCUT2D eigenvalue weighted by molar-refractivity contribution is 8.00. The summed E-state index contributed by atoms with van der Waals surface area (Å²) >= 11 is 1.43. The molecule has 1 unspecified atom stereocenters. The van der Waals surface area contributed by atoms with Crippen molar-refractivity contribution < 1.29 is 17.9 Å². The number of ether oxygens (including phenoxy) is 1. The number of hydrogen-bond acceptors (Lipinski definition) is 5. The van der Waals surface area contributed by atoms with E-state index in [1.807, 2.05) is 57.2 Å². The molecule has 0 radical (unpaired) electrons. The number of benzene rings is 3. The Morgan fingerprint density at radius 2 is 1.62 bits per heavy atom. The maximum absolute atomic E-state index is 12.7. The predicted molar refractivity (Wildman–Crippen MR) is 130 cm³/mol. The average molecular weight is 471 g/mol. The van der Waals surface area contributed by atoms with Crippen molar-refractivity contribution in [2.45, 2.75) is 35.8 Å².